The van der Waals surface area contributed by atoms with Gasteiger partial charge < -0.3 is 9.15 Å². The normalized spacial score (nSPS) is 15.8. The van der Waals surface area contributed by atoms with Gasteiger partial charge in [-0.1, -0.05) is 29.3 Å². The largest absolute Gasteiger partial charge is 0.495 e. The van der Waals surface area contributed by atoms with Crippen LogP contribution in [-0.2, 0) is 16.6 Å². The molecule has 4 rings (SSSR count). The number of nitrogens with zero attached hydrogens (tertiary/aromatic N) is 3. The van der Waals surface area contributed by atoms with Crippen LogP contribution in [0, 0.1) is 13.8 Å². The van der Waals surface area contributed by atoms with Gasteiger partial charge >= 0.3 is 0 Å². The summed E-state index contributed by atoms with van der Waals surface area (Å²) in [6, 6.07) is 12.6. The summed E-state index contributed by atoms with van der Waals surface area (Å²) in [4.78, 5) is 7.04. The second kappa shape index (κ2) is 9.23. The minimum Gasteiger partial charge on any atom is -0.495 e. The molecule has 0 radical (unpaired) electrons. The first kappa shape index (κ1) is 22.8. The third-order valence-electron chi connectivity index (χ3n) is 5.66. The predicted molar refractivity (Wildman–Crippen MR) is 123 cm³/mol. The van der Waals surface area contributed by atoms with Crippen molar-refractivity contribution < 1.29 is 17.6 Å². The van der Waals surface area contributed by atoms with Crippen molar-refractivity contribution >= 4 is 21.6 Å². The van der Waals surface area contributed by atoms with Gasteiger partial charge in [-0.3, -0.25) is 4.90 Å². The summed E-state index contributed by atoms with van der Waals surface area (Å²) in [5.74, 6) is 1.84. The summed E-state index contributed by atoms with van der Waals surface area (Å²) in [5, 5.41) is 0.276. The highest BCUT2D eigenvalue weighted by Gasteiger charge is 2.29. The van der Waals surface area contributed by atoms with Gasteiger partial charge in [0, 0.05) is 38.3 Å². The molecule has 0 aliphatic carbocycles. The van der Waals surface area contributed by atoms with E-state index in [-0.39, 0.29) is 9.92 Å². The summed E-state index contributed by atoms with van der Waals surface area (Å²) in [6.45, 7) is 6.57. The van der Waals surface area contributed by atoms with E-state index in [2.05, 4.69) is 9.88 Å². The van der Waals surface area contributed by atoms with Crippen molar-refractivity contribution in [3.8, 4) is 17.2 Å². The lowest BCUT2D eigenvalue weighted by molar-refractivity contribution is 0.179. The zero-order chi connectivity index (χ0) is 22.9. The predicted octanol–water partition coefficient (Wildman–Crippen LogP) is 4.13. The summed E-state index contributed by atoms with van der Waals surface area (Å²) in [5.41, 5.74) is 3.00. The zero-order valence-electron chi connectivity index (χ0n) is 18.3. The second-order valence-electron chi connectivity index (χ2n) is 7.86. The molecule has 1 aliphatic rings. The number of hydrogen-bond donors (Lipinski definition) is 0. The SMILES string of the molecule is COc1ccc(S(=O)(=O)N2CCN(Cc3nc(-c4ccc(C)cc4)oc3C)CC2)cc1Cl. The lowest BCUT2D eigenvalue weighted by Crippen LogP contribution is -2.48. The Balaban J connectivity index is 1.41. The molecule has 170 valence electrons. The molecule has 0 saturated carbocycles. The molecule has 0 N–H and O–H groups in total. The topological polar surface area (TPSA) is 75.9 Å². The molecule has 2 heterocycles. The summed E-state index contributed by atoms with van der Waals surface area (Å²) < 4.78 is 38.5. The van der Waals surface area contributed by atoms with Crippen molar-refractivity contribution in [3.63, 3.8) is 0 Å². The molecule has 2 aromatic carbocycles. The van der Waals surface area contributed by atoms with Gasteiger partial charge in [-0.2, -0.15) is 4.31 Å². The molecule has 1 aliphatic heterocycles. The highest BCUT2D eigenvalue weighted by molar-refractivity contribution is 7.89. The number of hydrogen-bond acceptors (Lipinski definition) is 6. The van der Waals surface area contributed by atoms with E-state index in [4.69, 9.17) is 20.8 Å². The number of oxazole rings is 1. The Bertz CT molecular complexity index is 1200. The smallest absolute Gasteiger partial charge is 0.243 e. The van der Waals surface area contributed by atoms with Crippen molar-refractivity contribution in [1.82, 2.24) is 14.2 Å². The number of benzene rings is 2. The first-order chi connectivity index (χ1) is 15.3. The number of aromatic nitrogens is 1. The fourth-order valence-corrected chi connectivity index (χ4v) is 5.46. The van der Waals surface area contributed by atoms with Crippen LogP contribution in [-0.4, -0.2) is 55.9 Å². The maximum absolute atomic E-state index is 13.0. The standard InChI is InChI=1S/C23H26ClN3O4S/c1-16-4-6-18(7-5-16)23-25-21(17(2)31-23)15-26-10-12-27(13-11-26)32(28,29)19-8-9-22(30-3)20(24)14-19/h4-9,14H,10-13,15H2,1-3H3. The Morgan fingerprint density at radius 1 is 1.06 bits per heavy atom. The third-order valence-corrected chi connectivity index (χ3v) is 7.85. The Morgan fingerprint density at radius 3 is 2.38 bits per heavy atom. The quantitative estimate of drug-likeness (QED) is 0.533. The van der Waals surface area contributed by atoms with Gasteiger partial charge in [0.15, 0.2) is 0 Å². The monoisotopic (exact) mass is 475 g/mol. The molecule has 0 spiro atoms. The lowest BCUT2D eigenvalue weighted by Gasteiger charge is -2.33. The van der Waals surface area contributed by atoms with E-state index in [1.54, 1.807) is 6.07 Å². The van der Waals surface area contributed by atoms with Crippen molar-refractivity contribution in [2.24, 2.45) is 0 Å². The second-order valence-corrected chi connectivity index (χ2v) is 10.2. The molecule has 0 bridgehead atoms. The Morgan fingerprint density at radius 2 is 1.75 bits per heavy atom. The summed E-state index contributed by atoms with van der Waals surface area (Å²) >= 11 is 6.12. The van der Waals surface area contributed by atoms with Gasteiger partial charge in [0.05, 0.1) is 22.7 Å². The molecule has 1 fully saturated rings. The van der Waals surface area contributed by atoms with Crippen molar-refractivity contribution in [2.45, 2.75) is 25.3 Å². The number of piperazine rings is 1. The van der Waals surface area contributed by atoms with E-state index in [1.807, 2.05) is 38.1 Å². The molecule has 3 aromatic rings. The first-order valence-corrected chi connectivity index (χ1v) is 12.2. The molecular formula is C23H26ClN3O4S. The van der Waals surface area contributed by atoms with Gasteiger partial charge in [-0.25, -0.2) is 13.4 Å². The van der Waals surface area contributed by atoms with Gasteiger partial charge in [0.25, 0.3) is 0 Å². The maximum Gasteiger partial charge on any atom is 0.243 e. The molecule has 0 amide bonds. The lowest BCUT2D eigenvalue weighted by atomic mass is 10.1. The number of halogens is 1. The van der Waals surface area contributed by atoms with E-state index in [0.29, 0.717) is 44.4 Å². The first-order valence-electron chi connectivity index (χ1n) is 10.4. The number of ether oxygens (including phenoxy) is 1. The maximum atomic E-state index is 13.0. The van der Waals surface area contributed by atoms with Gasteiger partial charge in [-0.05, 0) is 44.2 Å². The van der Waals surface area contributed by atoms with Crippen LogP contribution in [0.1, 0.15) is 17.0 Å². The minimum atomic E-state index is -3.62. The Labute approximate surface area is 193 Å². The molecule has 1 aromatic heterocycles. The van der Waals surface area contributed by atoms with Crippen LogP contribution in [0.3, 0.4) is 0 Å². The van der Waals surface area contributed by atoms with Crippen LogP contribution in [0.2, 0.25) is 5.02 Å². The van der Waals surface area contributed by atoms with E-state index in [9.17, 15) is 8.42 Å². The molecule has 9 heteroatoms. The average Bonchev–Trinajstić information content (AvgIpc) is 3.14. The third kappa shape index (κ3) is 4.68. The molecule has 32 heavy (non-hydrogen) atoms. The number of aryl methyl sites for hydroxylation is 2. The highest BCUT2D eigenvalue weighted by Crippen LogP contribution is 2.29. The van der Waals surface area contributed by atoms with Crippen LogP contribution < -0.4 is 4.74 Å². The van der Waals surface area contributed by atoms with Crippen LogP contribution in [0.4, 0.5) is 0 Å². The van der Waals surface area contributed by atoms with Gasteiger partial charge in [-0.15, -0.1) is 0 Å². The van der Waals surface area contributed by atoms with E-state index < -0.39 is 10.0 Å². The zero-order valence-corrected chi connectivity index (χ0v) is 19.9. The summed E-state index contributed by atoms with van der Waals surface area (Å²) in [7, 11) is -2.12. The molecule has 0 unspecified atom stereocenters. The molecule has 0 atom stereocenters. The van der Waals surface area contributed by atoms with Crippen molar-refractivity contribution in [1.29, 1.82) is 0 Å². The molecule has 1 saturated heterocycles. The van der Waals surface area contributed by atoms with Crippen molar-refractivity contribution in [3.05, 3.63) is 64.5 Å². The van der Waals surface area contributed by atoms with Crippen LogP contribution >= 0.6 is 11.6 Å². The molecule has 7 nitrogen and oxygen atoms in total. The van der Waals surface area contributed by atoms with E-state index >= 15 is 0 Å². The summed E-state index contributed by atoms with van der Waals surface area (Å²) in [6.07, 6.45) is 0. The average molecular weight is 476 g/mol. The fraction of sp³-hybridized carbons (Fsp3) is 0.348. The Hall–Kier alpha value is -2.39. The van der Waals surface area contributed by atoms with E-state index in [1.165, 1.54) is 29.1 Å². The number of sulfonamides is 1. The number of rotatable bonds is 6. The van der Waals surface area contributed by atoms with Crippen LogP contribution in [0.5, 0.6) is 5.75 Å². The van der Waals surface area contributed by atoms with Crippen LogP contribution in [0.25, 0.3) is 11.5 Å². The van der Waals surface area contributed by atoms with Gasteiger partial charge in [0.1, 0.15) is 11.5 Å². The minimum absolute atomic E-state index is 0.173. The highest BCUT2D eigenvalue weighted by atomic mass is 35.5. The fourth-order valence-electron chi connectivity index (χ4n) is 3.69. The van der Waals surface area contributed by atoms with E-state index in [0.717, 1.165) is 17.0 Å². The van der Waals surface area contributed by atoms with Crippen molar-refractivity contribution in [2.75, 3.05) is 33.3 Å². The Kier molecular flexibility index (Phi) is 6.57. The molecular weight excluding hydrogens is 450 g/mol. The van der Waals surface area contributed by atoms with Crippen LogP contribution in [0.15, 0.2) is 51.8 Å². The van der Waals surface area contributed by atoms with Gasteiger partial charge in [0.2, 0.25) is 15.9 Å². The number of methoxy groups -OCH3 is 1.